The molecule has 2 atom stereocenters. The van der Waals surface area contributed by atoms with Gasteiger partial charge in [0, 0.05) is 23.2 Å². The molecule has 2 heterocycles. The molecule has 0 aromatic carbocycles. The van der Waals surface area contributed by atoms with Gasteiger partial charge in [0.15, 0.2) is 5.13 Å². The molecule has 1 amide bonds. The van der Waals surface area contributed by atoms with Crippen molar-refractivity contribution in [1.82, 2.24) is 14.8 Å². The fraction of sp³-hybridized carbons (Fsp3) is 0.500. The van der Waals surface area contributed by atoms with Crippen LogP contribution in [0.2, 0.25) is 0 Å². The summed E-state index contributed by atoms with van der Waals surface area (Å²) in [6.07, 6.45) is 1.77. The van der Waals surface area contributed by atoms with Crippen molar-refractivity contribution >= 4 is 28.3 Å². The van der Waals surface area contributed by atoms with Gasteiger partial charge in [0.25, 0.3) is 0 Å². The van der Waals surface area contributed by atoms with Crippen LogP contribution in [0.25, 0.3) is 11.3 Å². The van der Waals surface area contributed by atoms with Crippen LogP contribution in [0.1, 0.15) is 26.5 Å². The zero-order valence-corrected chi connectivity index (χ0v) is 14.8. The molecular formula is C16H20N4O3S. The lowest BCUT2D eigenvalue weighted by Gasteiger charge is -2.02. The average molecular weight is 348 g/mol. The van der Waals surface area contributed by atoms with Gasteiger partial charge < -0.3 is 10.4 Å². The molecule has 2 aromatic rings. The Labute approximate surface area is 143 Å². The second-order valence-corrected chi connectivity index (χ2v) is 7.46. The average Bonchev–Trinajstić information content (AvgIpc) is 2.82. The van der Waals surface area contributed by atoms with E-state index in [1.807, 2.05) is 23.9 Å². The highest BCUT2D eigenvalue weighted by atomic mass is 32.1. The molecule has 2 unspecified atom stereocenters. The Balaban J connectivity index is 1.74. The number of aliphatic carboxylic acids is 1. The van der Waals surface area contributed by atoms with Crippen molar-refractivity contribution in [2.24, 2.45) is 17.3 Å². The first-order chi connectivity index (χ1) is 11.3. The molecule has 0 bridgehead atoms. The first kappa shape index (κ1) is 16.6. The van der Waals surface area contributed by atoms with Crippen LogP contribution in [0.15, 0.2) is 11.6 Å². The van der Waals surface area contributed by atoms with Gasteiger partial charge >= 0.3 is 5.97 Å². The number of rotatable bonds is 5. The summed E-state index contributed by atoms with van der Waals surface area (Å²) in [5.41, 5.74) is 2.20. The minimum Gasteiger partial charge on any atom is -0.481 e. The van der Waals surface area contributed by atoms with Crippen molar-refractivity contribution in [3.8, 4) is 11.3 Å². The van der Waals surface area contributed by atoms with E-state index in [0.29, 0.717) is 5.13 Å². The number of amides is 1. The van der Waals surface area contributed by atoms with Crippen molar-refractivity contribution in [2.75, 3.05) is 5.32 Å². The highest BCUT2D eigenvalue weighted by Gasteiger charge is 2.66. The summed E-state index contributed by atoms with van der Waals surface area (Å²) >= 11 is 1.33. The predicted molar refractivity (Wildman–Crippen MR) is 90.8 cm³/mol. The molecule has 1 aliphatic carbocycles. The van der Waals surface area contributed by atoms with E-state index < -0.39 is 23.2 Å². The fourth-order valence-electron chi connectivity index (χ4n) is 3.24. The molecule has 1 fully saturated rings. The number of carbonyl (C=O) groups is 2. The molecule has 0 saturated heterocycles. The lowest BCUT2D eigenvalue weighted by atomic mass is 10.1. The quantitative estimate of drug-likeness (QED) is 0.866. The molecule has 128 valence electrons. The molecule has 1 aliphatic rings. The molecule has 1 saturated carbocycles. The Bertz CT molecular complexity index is 808. The zero-order chi connectivity index (χ0) is 17.6. The van der Waals surface area contributed by atoms with Crippen molar-refractivity contribution < 1.29 is 14.7 Å². The maximum absolute atomic E-state index is 12.3. The summed E-state index contributed by atoms with van der Waals surface area (Å²) in [5.74, 6) is -2.37. The number of carboxylic acids is 1. The Kier molecular flexibility index (Phi) is 3.95. The Morgan fingerprint density at radius 3 is 2.67 bits per heavy atom. The van der Waals surface area contributed by atoms with Gasteiger partial charge in [-0.15, -0.1) is 11.3 Å². The predicted octanol–water partition coefficient (Wildman–Crippen LogP) is 2.63. The van der Waals surface area contributed by atoms with Gasteiger partial charge in [-0.05, 0) is 19.3 Å². The second kappa shape index (κ2) is 5.70. The van der Waals surface area contributed by atoms with E-state index >= 15 is 0 Å². The molecule has 7 nitrogen and oxygen atoms in total. The normalized spacial score (nSPS) is 21.5. The van der Waals surface area contributed by atoms with Gasteiger partial charge in [0.1, 0.15) is 0 Å². The van der Waals surface area contributed by atoms with Crippen LogP contribution < -0.4 is 5.32 Å². The zero-order valence-electron chi connectivity index (χ0n) is 14.0. The third kappa shape index (κ3) is 2.60. The number of hydrogen-bond donors (Lipinski definition) is 2. The summed E-state index contributed by atoms with van der Waals surface area (Å²) in [6.45, 7) is 8.38. The van der Waals surface area contributed by atoms with Crippen molar-refractivity contribution in [3.05, 3.63) is 17.3 Å². The van der Waals surface area contributed by atoms with Crippen molar-refractivity contribution in [3.63, 3.8) is 0 Å². The monoisotopic (exact) mass is 348 g/mol. The minimum absolute atomic E-state index is 0.283. The van der Waals surface area contributed by atoms with Crippen LogP contribution >= 0.6 is 11.3 Å². The summed E-state index contributed by atoms with van der Waals surface area (Å²) in [7, 11) is 0. The van der Waals surface area contributed by atoms with Gasteiger partial charge in [-0.25, -0.2) is 4.98 Å². The maximum atomic E-state index is 12.3. The van der Waals surface area contributed by atoms with Gasteiger partial charge in [0.05, 0.1) is 23.7 Å². The number of thiazole rings is 1. The summed E-state index contributed by atoms with van der Waals surface area (Å²) in [6, 6.07) is 0. The lowest BCUT2D eigenvalue weighted by molar-refractivity contribution is -0.140. The molecule has 0 radical (unpaired) electrons. The minimum atomic E-state index is -0.928. The Morgan fingerprint density at radius 2 is 2.12 bits per heavy atom. The molecule has 24 heavy (non-hydrogen) atoms. The molecule has 0 spiro atoms. The molecule has 3 rings (SSSR count). The molecule has 2 aromatic heterocycles. The van der Waals surface area contributed by atoms with Crippen molar-refractivity contribution in [2.45, 2.75) is 34.2 Å². The summed E-state index contributed by atoms with van der Waals surface area (Å²) < 4.78 is 1.89. The second-order valence-electron chi connectivity index (χ2n) is 6.60. The van der Waals surface area contributed by atoms with Gasteiger partial charge in [-0.1, -0.05) is 13.8 Å². The Morgan fingerprint density at radius 1 is 1.42 bits per heavy atom. The molecule has 8 heteroatoms. The number of aromatic nitrogens is 3. The topological polar surface area (TPSA) is 97.1 Å². The van der Waals surface area contributed by atoms with E-state index in [4.69, 9.17) is 0 Å². The number of carboxylic acid groups (broad SMARTS) is 1. The van der Waals surface area contributed by atoms with E-state index in [9.17, 15) is 14.7 Å². The maximum Gasteiger partial charge on any atom is 0.307 e. The number of carbonyl (C=O) groups excluding carboxylic acids is 1. The van der Waals surface area contributed by atoms with E-state index in [2.05, 4.69) is 15.4 Å². The van der Waals surface area contributed by atoms with Crippen LogP contribution in [-0.4, -0.2) is 31.7 Å². The third-order valence-corrected chi connectivity index (χ3v) is 5.55. The van der Waals surface area contributed by atoms with E-state index in [1.165, 1.54) is 11.3 Å². The number of hydrogen-bond acceptors (Lipinski definition) is 5. The number of anilines is 1. The lowest BCUT2D eigenvalue weighted by Crippen LogP contribution is -2.17. The molecule has 0 aliphatic heterocycles. The van der Waals surface area contributed by atoms with Crippen LogP contribution in [0.3, 0.4) is 0 Å². The van der Waals surface area contributed by atoms with Gasteiger partial charge in [-0.3, -0.25) is 14.3 Å². The Hall–Kier alpha value is -2.22. The van der Waals surface area contributed by atoms with Gasteiger partial charge in [-0.2, -0.15) is 5.10 Å². The summed E-state index contributed by atoms with van der Waals surface area (Å²) in [4.78, 5) is 28.0. The number of nitrogens with one attached hydrogen (secondary N) is 1. The highest BCUT2D eigenvalue weighted by Crippen LogP contribution is 2.58. The highest BCUT2D eigenvalue weighted by molar-refractivity contribution is 7.14. The SMILES string of the molecule is CCn1ncc(-c2csc(NC(=O)C3C(C(=O)O)C3(C)C)n2)c1C. The fourth-order valence-corrected chi connectivity index (χ4v) is 3.96. The van der Waals surface area contributed by atoms with Gasteiger partial charge in [0.2, 0.25) is 5.91 Å². The van der Waals surface area contributed by atoms with Crippen LogP contribution in [0, 0.1) is 24.2 Å². The standard InChI is InChI=1S/C16H20N4O3S/c1-5-20-8(2)9(6-17-20)10-7-24-15(18-10)19-13(21)11-12(14(22)23)16(11,3)4/h6-7,11-12H,5H2,1-4H3,(H,22,23)(H,18,19,21). The van der Waals surface area contributed by atoms with E-state index in [0.717, 1.165) is 23.5 Å². The first-order valence-corrected chi connectivity index (χ1v) is 8.67. The molecule has 2 N–H and O–H groups in total. The summed E-state index contributed by atoms with van der Waals surface area (Å²) in [5, 5.41) is 18.6. The van der Waals surface area contributed by atoms with Crippen LogP contribution in [0.5, 0.6) is 0 Å². The third-order valence-electron chi connectivity index (χ3n) is 4.79. The van der Waals surface area contributed by atoms with Crippen molar-refractivity contribution in [1.29, 1.82) is 0 Å². The number of aryl methyl sites for hydroxylation is 1. The largest absolute Gasteiger partial charge is 0.481 e. The molecular weight excluding hydrogens is 328 g/mol. The van der Waals surface area contributed by atoms with E-state index in [1.54, 1.807) is 20.0 Å². The van der Waals surface area contributed by atoms with E-state index in [-0.39, 0.29) is 5.91 Å². The van der Waals surface area contributed by atoms with Crippen LogP contribution in [-0.2, 0) is 16.1 Å². The first-order valence-electron chi connectivity index (χ1n) is 7.79. The number of nitrogens with zero attached hydrogens (tertiary/aromatic N) is 3. The smallest absolute Gasteiger partial charge is 0.307 e. The van der Waals surface area contributed by atoms with Crippen LogP contribution in [0.4, 0.5) is 5.13 Å².